The van der Waals surface area contributed by atoms with Crippen molar-refractivity contribution < 1.29 is 4.79 Å². The van der Waals surface area contributed by atoms with Gasteiger partial charge in [-0.15, -0.1) is 24.8 Å². The van der Waals surface area contributed by atoms with Gasteiger partial charge in [0.25, 0.3) is 0 Å². The average molecular weight is 384 g/mol. The lowest BCUT2D eigenvalue weighted by Gasteiger charge is -2.19. The van der Waals surface area contributed by atoms with Gasteiger partial charge in [-0.1, -0.05) is 48.5 Å². The lowest BCUT2D eigenvalue weighted by Crippen LogP contribution is -2.34. The molecule has 0 aliphatic rings. The van der Waals surface area contributed by atoms with Gasteiger partial charge in [0.2, 0.25) is 5.91 Å². The van der Waals surface area contributed by atoms with E-state index in [1.807, 2.05) is 48.5 Å². The minimum absolute atomic E-state index is 0. The van der Waals surface area contributed by atoms with Crippen LogP contribution < -0.4 is 16.0 Å². The number of nitrogens with two attached hydrogens (primary N) is 1. The number of nitrogens with zero attached hydrogens (tertiary/aromatic N) is 1. The van der Waals surface area contributed by atoms with E-state index in [9.17, 15) is 4.79 Å². The van der Waals surface area contributed by atoms with E-state index in [0.717, 1.165) is 24.9 Å². The van der Waals surface area contributed by atoms with E-state index in [0.29, 0.717) is 6.54 Å². The number of carbonyl (C=O) groups excluding carboxylic acids is 1. The molecule has 2 aromatic rings. The second kappa shape index (κ2) is 12.6. The first-order chi connectivity index (χ1) is 11.2. The minimum atomic E-state index is -0.594. The van der Waals surface area contributed by atoms with Crippen molar-refractivity contribution in [1.29, 1.82) is 0 Å². The van der Waals surface area contributed by atoms with Crippen LogP contribution in [0.4, 0.5) is 5.69 Å². The number of hydrogen-bond donors (Lipinski definition) is 2. The Bertz CT molecular complexity index is 596. The van der Waals surface area contributed by atoms with Gasteiger partial charge in [0.1, 0.15) is 6.04 Å². The van der Waals surface area contributed by atoms with Crippen LogP contribution >= 0.6 is 24.8 Å². The molecule has 0 heterocycles. The largest absolute Gasteiger partial charge is 0.375 e. The summed E-state index contributed by atoms with van der Waals surface area (Å²) in [6, 6.07) is 19.1. The van der Waals surface area contributed by atoms with Crippen molar-refractivity contribution in [2.75, 3.05) is 25.0 Å². The highest BCUT2D eigenvalue weighted by Gasteiger charge is 2.14. The second-order valence-electron chi connectivity index (χ2n) is 5.64. The molecule has 0 aromatic heterocycles. The van der Waals surface area contributed by atoms with Crippen LogP contribution in [0.3, 0.4) is 0 Å². The molecule has 25 heavy (non-hydrogen) atoms. The van der Waals surface area contributed by atoms with E-state index in [1.165, 1.54) is 5.69 Å². The molecule has 1 unspecified atom stereocenters. The van der Waals surface area contributed by atoms with Gasteiger partial charge in [-0.25, -0.2) is 0 Å². The topological polar surface area (TPSA) is 58.4 Å². The van der Waals surface area contributed by atoms with Gasteiger partial charge in [0, 0.05) is 25.8 Å². The summed E-state index contributed by atoms with van der Waals surface area (Å²) in [5.41, 5.74) is 8.01. The first kappa shape index (κ1) is 23.2. The number of nitrogens with one attached hydrogen (secondary N) is 1. The van der Waals surface area contributed by atoms with E-state index < -0.39 is 6.04 Å². The van der Waals surface area contributed by atoms with E-state index in [1.54, 1.807) is 0 Å². The van der Waals surface area contributed by atoms with E-state index in [4.69, 9.17) is 5.73 Å². The lowest BCUT2D eigenvalue weighted by atomic mass is 10.1. The van der Waals surface area contributed by atoms with Crippen LogP contribution in [-0.2, 0) is 4.79 Å². The van der Waals surface area contributed by atoms with Gasteiger partial charge in [-0.05, 0) is 30.5 Å². The molecule has 0 aliphatic heterocycles. The van der Waals surface area contributed by atoms with Gasteiger partial charge in [0.15, 0.2) is 0 Å². The quantitative estimate of drug-likeness (QED) is 0.685. The molecule has 4 nitrogen and oxygen atoms in total. The van der Waals surface area contributed by atoms with E-state index in [-0.39, 0.29) is 30.7 Å². The average Bonchev–Trinajstić information content (AvgIpc) is 2.62. The lowest BCUT2D eigenvalue weighted by molar-refractivity contribution is -0.122. The Morgan fingerprint density at radius 2 is 1.56 bits per heavy atom. The minimum Gasteiger partial charge on any atom is -0.375 e. The SMILES string of the molecule is CN(CCCCNC(=O)C(N)c1ccccc1)c1ccccc1.Cl.Cl. The summed E-state index contributed by atoms with van der Waals surface area (Å²) in [6.45, 7) is 1.62. The van der Waals surface area contributed by atoms with E-state index >= 15 is 0 Å². The third-order valence-corrected chi connectivity index (χ3v) is 3.86. The van der Waals surface area contributed by atoms with Crippen molar-refractivity contribution in [2.24, 2.45) is 5.73 Å². The summed E-state index contributed by atoms with van der Waals surface area (Å²) in [6.07, 6.45) is 1.96. The van der Waals surface area contributed by atoms with Gasteiger partial charge in [-0.3, -0.25) is 4.79 Å². The summed E-state index contributed by atoms with van der Waals surface area (Å²) in [4.78, 5) is 14.2. The molecule has 6 heteroatoms. The van der Waals surface area contributed by atoms with Crippen LogP contribution in [0.15, 0.2) is 60.7 Å². The highest BCUT2D eigenvalue weighted by molar-refractivity contribution is 5.85. The van der Waals surface area contributed by atoms with Crippen LogP contribution in [0, 0.1) is 0 Å². The van der Waals surface area contributed by atoms with E-state index in [2.05, 4.69) is 29.4 Å². The molecule has 2 aromatic carbocycles. The monoisotopic (exact) mass is 383 g/mol. The van der Waals surface area contributed by atoms with Crippen LogP contribution in [0.1, 0.15) is 24.4 Å². The number of carbonyl (C=O) groups is 1. The van der Waals surface area contributed by atoms with Crippen LogP contribution in [0.5, 0.6) is 0 Å². The third-order valence-electron chi connectivity index (χ3n) is 3.86. The molecule has 0 radical (unpaired) electrons. The molecule has 1 atom stereocenters. The maximum atomic E-state index is 12.0. The van der Waals surface area contributed by atoms with Gasteiger partial charge in [-0.2, -0.15) is 0 Å². The highest BCUT2D eigenvalue weighted by Crippen LogP contribution is 2.12. The number of anilines is 1. The number of halogens is 2. The first-order valence-corrected chi connectivity index (χ1v) is 8.03. The van der Waals surface area contributed by atoms with Crippen molar-refractivity contribution in [1.82, 2.24) is 5.32 Å². The normalized spacial score (nSPS) is 10.8. The van der Waals surface area contributed by atoms with Crippen molar-refractivity contribution >= 4 is 36.4 Å². The Hall–Kier alpha value is -1.75. The molecule has 0 bridgehead atoms. The standard InChI is InChI=1S/C19H25N3O.2ClH/c1-22(17-12-6-3-7-13-17)15-9-8-14-21-19(23)18(20)16-10-4-2-5-11-16;;/h2-7,10-13,18H,8-9,14-15,20H2,1H3,(H,21,23);2*1H. The summed E-state index contributed by atoms with van der Waals surface area (Å²) in [5, 5.41) is 2.91. The van der Waals surface area contributed by atoms with Crippen molar-refractivity contribution in [3.05, 3.63) is 66.2 Å². The molecule has 0 spiro atoms. The summed E-state index contributed by atoms with van der Waals surface area (Å²) in [7, 11) is 2.08. The molecule has 1 amide bonds. The van der Waals surface area contributed by atoms with Crippen molar-refractivity contribution in [3.8, 4) is 0 Å². The van der Waals surface area contributed by atoms with Crippen molar-refractivity contribution in [3.63, 3.8) is 0 Å². The molecule has 0 fully saturated rings. The predicted octanol–water partition coefficient (Wildman–Crippen LogP) is 3.56. The molecule has 0 aliphatic carbocycles. The molecule has 138 valence electrons. The smallest absolute Gasteiger partial charge is 0.241 e. The Morgan fingerprint density at radius 3 is 2.16 bits per heavy atom. The zero-order chi connectivity index (χ0) is 16.5. The third kappa shape index (κ3) is 7.78. The molecule has 3 N–H and O–H groups in total. The second-order valence-corrected chi connectivity index (χ2v) is 5.64. The Labute approximate surface area is 162 Å². The van der Waals surface area contributed by atoms with Gasteiger partial charge >= 0.3 is 0 Å². The van der Waals surface area contributed by atoms with Gasteiger partial charge in [0.05, 0.1) is 0 Å². The number of rotatable bonds is 8. The number of unbranched alkanes of at least 4 members (excludes halogenated alkanes) is 1. The molecular formula is C19H27Cl2N3O. The Kier molecular flexibility index (Phi) is 11.7. The Balaban J connectivity index is 0.00000288. The summed E-state index contributed by atoms with van der Waals surface area (Å²) in [5.74, 6) is -0.118. The molecule has 2 rings (SSSR count). The Morgan fingerprint density at radius 1 is 1.00 bits per heavy atom. The number of para-hydroxylation sites is 1. The number of hydrogen-bond acceptors (Lipinski definition) is 3. The number of amides is 1. The van der Waals surface area contributed by atoms with Crippen LogP contribution in [-0.4, -0.2) is 26.0 Å². The molecule has 0 saturated carbocycles. The maximum Gasteiger partial charge on any atom is 0.241 e. The molecule has 0 saturated heterocycles. The highest BCUT2D eigenvalue weighted by atomic mass is 35.5. The fraction of sp³-hybridized carbons (Fsp3) is 0.316. The zero-order valence-corrected chi connectivity index (χ0v) is 16.1. The predicted molar refractivity (Wildman–Crippen MR) is 110 cm³/mol. The first-order valence-electron chi connectivity index (χ1n) is 8.03. The zero-order valence-electron chi connectivity index (χ0n) is 14.4. The molecular weight excluding hydrogens is 357 g/mol. The summed E-state index contributed by atoms with van der Waals surface area (Å²) >= 11 is 0. The fourth-order valence-electron chi connectivity index (χ4n) is 2.42. The maximum absolute atomic E-state index is 12.0. The van der Waals surface area contributed by atoms with Crippen LogP contribution in [0.2, 0.25) is 0 Å². The van der Waals surface area contributed by atoms with Crippen LogP contribution in [0.25, 0.3) is 0 Å². The fourth-order valence-corrected chi connectivity index (χ4v) is 2.42. The number of benzene rings is 2. The van der Waals surface area contributed by atoms with Crippen molar-refractivity contribution in [2.45, 2.75) is 18.9 Å². The summed E-state index contributed by atoms with van der Waals surface area (Å²) < 4.78 is 0. The van der Waals surface area contributed by atoms with Gasteiger partial charge < -0.3 is 16.0 Å².